The van der Waals surface area contributed by atoms with Crippen molar-refractivity contribution in [3.05, 3.63) is 47.8 Å². The Kier molecular flexibility index (Phi) is 4.56. The van der Waals surface area contributed by atoms with Crippen molar-refractivity contribution in [1.29, 1.82) is 0 Å². The van der Waals surface area contributed by atoms with Crippen LogP contribution in [0.4, 0.5) is 0 Å². The van der Waals surface area contributed by atoms with Gasteiger partial charge in [-0.3, -0.25) is 0 Å². The first-order valence-electron chi connectivity index (χ1n) is 7.88. The molecule has 3 rings (SSSR count). The van der Waals surface area contributed by atoms with Gasteiger partial charge in [-0.25, -0.2) is 8.42 Å². The Labute approximate surface area is 142 Å². The molecule has 1 unspecified atom stereocenters. The number of hydrogen-bond acceptors (Lipinski definition) is 4. The molecule has 24 heavy (non-hydrogen) atoms. The molecule has 1 atom stereocenters. The quantitative estimate of drug-likeness (QED) is 0.830. The third kappa shape index (κ3) is 2.78. The molecule has 0 amide bonds. The maximum Gasteiger partial charge on any atom is 0.214 e. The van der Waals surface area contributed by atoms with E-state index in [0.717, 1.165) is 11.3 Å². The molecule has 2 heterocycles. The number of aromatic nitrogens is 1. The second-order valence-corrected chi connectivity index (χ2v) is 7.86. The van der Waals surface area contributed by atoms with Gasteiger partial charge in [0.2, 0.25) is 10.0 Å². The fourth-order valence-electron chi connectivity index (χ4n) is 3.19. The second-order valence-electron chi connectivity index (χ2n) is 5.65. The van der Waals surface area contributed by atoms with Gasteiger partial charge in [0.1, 0.15) is 0 Å². The predicted molar refractivity (Wildman–Crippen MR) is 92.0 cm³/mol. The van der Waals surface area contributed by atoms with E-state index in [0.29, 0.717) is 24.6 Å². The molecular formula is C17H22N2O4S. The minimum atomic E-state index is -3.33. The van der Waals surface area contributed by atoms with Crippen LogP contribution in [0.2, 0.25) is 0 Å². The molecule has 0 aliphatic carbocycles. The lowest BCUT2D eigenvalue weighted by atomic mass is 10.0. The molecule has 0 saturated carbocycles. The zero-order valence-corrected chi connectivity index (χ0v) is 14.9. The van der Waals surface area contributed by atoms with Crippen LogP contribution in [0.3, 0.4) is 0 Å². The van der Waals surface area contributed by atoms with Crippen LogP contribution in [0, 0.1) is 0 Å². The molecule has 0 N–H and O–H groups in total. The van der Waals surface area contributed by atoms with Crippen molar-refractivity contribution in [1.82, 2.24) is 8.87 Å². The Balaban J connectivity index is 2.14. The van der Waals surface area contributed by atoms with Crippen LogP contribution in [0.15, 0.2) is 36.5 Å². The van der Waals surface area contributed by atoms with Crippen LogP contribution >= 0.6 is 0 Å². The molecular weight excluding hydrogens is 328 g/mol. The minimum Gasteiger partial charge on any atom is -0.493 e. The first kappa shape index (κ1) is 16.9. The van der Waals surface area contributed by atoms with E-state index in [1.165, 1.54) is 0 Å². The summed E-state index contributed by atoms with van der Waals surface area (Å²) in [6.45, 7) is 2.79. The van der Waals surface area contributed by atoms with Gasteiger partial charge in [0.25, 0.3) is 0 Å². The number of methoxy groups -OCH3 is 2. The maximum absolute atomic E-state index is 12.6. The highest BCUT2D eigenvalue weighted by Gasteiger charge is 2.36. The highest BCUT2D eigenvalue weighted by atomic mass is 32.2. The van der Waals surface area contributed by atoms with Crippen molar-refractivity contribution in [2.45, 2.75) is 19.5 Å². The molecule has 0 bridgehead atoms. The molecule has 1 aromatic carbocycles. The van der Waals surface area contributed by atoms with Crippen LogP contribution in [0.5, 0.6) is 11.5 Å². The number of fused-ring (bicyclic) bond motifs is 1. The average Bonchev–Trinajstić information content (AvgIpc) is 3.08. The molecule has 0 spiro atoms. The summed E-state index contributed by atoms with van der Waals surface area (Å²) in [6, 6.07) is 9.12. The van der Waals surface area contributed by atoms with Crippen molar-refractivity contribution in [3.63, 3.8) is 0 Å². The Hall–Kier alpha value is -1.99. The normalized spacial score (nSPS) is 18.2. The van der Waals surface area contributed by atoms with E-state index in [1.54, 1.807) is 25.4 Å². The van der Waals surface area contributed by atoms with Gasteiger partial charge in [0.05, 0.1) is 26.0 Å². The van der Waals surface area contributed by atoms with E-state index >= 15 is 0 Å². The summed E-state index contributed by atoms with van der Waals surface area (Å²) in [5.74, 6) is 1.29. The first-order chi connectivity index (χ1) is 11.5. The van der Waals surface area contributed by atoms with Crippen LogP contribution in [0.1, 0.15) is 24.2 Å². The third-order valence-corrected chi connectivity index (χ3v) is 6.28. The molecule has 2 aromatic rings. The lowest BCUT2D eigenvalue weighted by Crippen LogP contribution is -2.43. The van der Waals surface area contributed by atoms with Gasteiger partial charge in [-0.2, -0.15) is 4.31 Å². The number of ether oxygens (including phenoxy) is 2. The largest absolute Gasteiger partial charge is 0.493 e. The SMILES string of the molecule is CCS(=O)(=O)N1CCn2cccc2C1c1ccc(OC)c(OC)c1. The van der Waals surface area contributed by atoms with E-state index in [9.17, 15) is 8.42 Å². The Morgan fingerprint density at radius 3 is 2.54 bits per heavy atom. The average molecular weight is 350 g/mol. The number of nitrogens with zero attached hydrogens (tertiary/aromatic N) is 2. The van der Waals surface area contributed by atoms with Gasteiger partial charge in [-0.05, 0) is 36.8 Å². The van der Waals surface area contributed by atoms with Crippen LogP contribution in [-0.4, -0.2) is 43.8 Å². The van der Waals surface area contributed by atoms with Gasteiger partial charge in [-0.1, -0.05) is 6.07 Å². The molecule has 130 valence electrons. The number of rotatable bonds is 5. The zero-order chi connectivity index (χ0) is 17.3. The standard InChI is InChI=1S/C17H22N2O4S/c1-4-24(20,21)19-11-10-18-9-5-6-14(18)17(19)13-7-8-15(22-2)16(12-13)23-3/h5-9,12,17H,4,10-11H2,1-3H3. The molecule has 7 heteroatoms. The van der Waals surface area contributed by atoms with Crippen LogP contribution < -0.4 is 9.47 Å². The smallest absolute Gasteiger partial charge is 0.214 e. The molecule has 0 fully saturated rings. The van der Waals surface area contributed by atoms with E-state index < -0.39 is 10.0 Å². The summed E-state index contributed by atoms with van der Waals surface area (Å²) >= 11 is 0. The minimum absolute atomic E-state index is 0.0809. The summed E-state index contributed by atoms with van der Waals surface area (Å²) in [7, 11) is -0.171. The predicted octanol–water partition coefficient (Wildman–Crippen LogP) is 2.26. The van der Waals surface area contributed by atoms with Crippen molar-refractivity contribution >= 4 is 10.0 Å². The molecule has 1 aromatic heterocycles. The number of benzene rings is 1. The van der Waals surface area contributed by atoms with E-state index in [4.69, 9.17) is 9.47 Å². The molecule has 0 radical (unpaired) electrons. The van der Waals surface area contributed by atoms with Gasteiger partial charge in [0.15, 0.2) is 11.5 Å². The topological polar surface area (TPSA) is 60.8 Å². The van der Waals surface area contributed by atoms with Gasteiger partial charge >= 0.3 is 0 Å². The molecule has 0 saturated heterocycles. The zero-order valence-electron chi connectivity index (χ0n) is 14.1. The highest BCUT2D eigenvalue weighted by molar-refractivity contribution is 7.89. The summed E-state index contributed by atoms with van der Waals surface area (Å²) in [5.41, 5.74) is 1.83. The summed E-state index contributed by atoms with van der Waals surface area (Å²) in [4.78, 5) is 0. The first-order valence-corrected chi connectivity index (χ1v) is 9.49. The monoisotopic (exact) mass is 350 g/mol. The Morgan fingerprint density at radius 2 is 1.88 bits per heavy atom. The van der Waals surface area contributed by atoms with Crippen molar-refractivity contribution in [2.24, 2.45) is 0 Å². The Bertz CT molecular complexity index is 829. The molecule has 6 nitrogen and oxygen atoms in total. The fourth-order valence-corrected chi connectivity index (χ4v) is 4.43. The maximum atomic E-state index is 12.6. The summed E-state index contributed by atoms with van der Waals surface area (Å²) in [5, 5.41) is 0. The van der Waals surface area contributed by atoms with Crippen LogP contribution in [0.25, 0.3) is 0 Å². The van der Waals surface area contributed by atoms with Gasteiger partial charge in [0, 0.05) is 25.0 Å². The van der Waals surface area contributed by atoms with Crippen molar-refractivity contribution in [2.75, 3.05) is 26.5 Å². The van der Waals surface area contributed by atoms with Crippen molar-refractivity contribution in [3.8, 4) is 11.5 Å². The molecule has 1 aliphatic rings. The third-order valence-electron chi connectivity index (χ3n) is 4.44. The second kappa shape index (κ2) is 6.49. The fraction of sp³-hybridized carbons (Fsp3) is 0.412. The van der Waals surface area contributed by atoms with Crippen LogP contribution in [-0.2, 0) is 16.6 Å². The van der Waals surface area contributed by atoms with Crippen molar-refractivity contribution < 1.29 is 17.9 Å². The Morgan fingerprint density at radius 1 is 1.12 bits per heavy atom. The summed E-state index contributed by atoms with van der Waals surface area (Å²) < 4.78 is 39.6. The number of hydrogen-bond donors (Lipinski definition) is 0. The van der Waals surface area contributed by atoms with E-state index in [2.05, 4.69) is 4.57 Å². The lowest BCUT2D eigenvalue weighted by molar-refractivity contribution is 0.297. The van der Waals surface area contributed by atoms with Gasteiger partial charge in [-0.15, -0.1) is 0 Å². The van der Waals surface area contributed by atoms with Gasteiger partial charge < -0.3 is 14.0 Å². The molecule has 1 aliphatic heterocycles. The van der Waals surface area contributed by atoms with E-state index in [-0.39, 0.29) is 11.8 Å². The summed E-state index contributed by atoms with van der Waals surface area (Å²) in [6.07, 6.45) is 1.99. The van der Waals surface area contributed by atoms with E-state index in [1.807, 2.05) is 36.5 Å². The number of sulfonamides is 1. The highest BCUT2D eigenvalue weighted by Crippen LogP contribution is 2.38. The lowest BCUT2D eigenvalue weighted by Gasteiger charge is -2.36.